The monoisotopic (exact) mass is 247 g/mol. The Bertz CT molecular complexity index is 368. The first-order valence-electron chi connectivity index (χ1n) is 6.86. The van der Waals surface area contributed by atoms with Gasteiger partial charge in [0.05, 0.1) is 0 Å². The van der Waals surface area contributed by atoms with Crippen LogP contribution < -0.4 is 10.2 Å². The molecule has 0 aliphatic carbocycles. The predicted octanol–water partition coefficient (Wildman–Crippen LogP) is 1.94. The van der Waals surface area contributed by atoms with Gasteiger partial charge in [0.1, 0.15) is 0 Å². The van der Waals surface area contributed by atoms with Crippen molar-refractivity contribution in [2.75, 3.05) is 39.1 Å². The number of benzene rings is 1. The summed E-state index contributed by atoms with van der Waals surface area (Å²) >= 11 is 0. The van der Waals surface area contributed by atoms with Gasteiger partial charge >= 0.3 is 0 Å². The first kappa shape index (κ1) is 13.4. The molecular weight excluding hydrogens is 222 g/mol. The fourth-order valence-electron chi connectivity index (χ4n) is 2.78. The molecule has 1 N–H and O–H groups in total. The molecule has 0 saturated carbocycles. The van der Waals surface area contributed by atoms with Crippen LogP contribution in [0.15, 0.2) is 24.3 Å². The van der Waals surface area contributed by atoms with Crippen LogP contribution in [0, 0.1) is 0 Å². The molecule has 1 heterocycles. The third-order valence-corrected chi connectivity index (χ3v) is 3.89. The Morgan fingerprint density at radius 2 is 1.89 bits per heavy atom. The molecule has 1 fully saturated rings. The summed E-state index contributed by atoms with van der Waals surface area (Å²) in [7, 11) is 6.39. The summed E-state index contributed by atoms with van der Waals surface area (Å²) in [5, 5.41) is 3.26. The summed E-state index contributed by atoms with van der Waals surface area (Å²) in [6, 6.07) is 9.50. The topological polar surface area (TPSA) is 18.5 Å². The van der Waals surface area contributed by atoms with Crippen LogP contribution in [0.2, 0.25) is 0 Å². The van der Waals surface area contributed by atoms with Crippen molar-refractivity contribution in [3.63, 3.8) is 0 Å². The van der Waals surface area contributed by atoms with Crippen LogP contribution in [0.1, 0.15) is 18.4 Å². The van der Waals surface area contributed by atoms with Gasteiger partial charge in [0, 0.05) is 31.4 Å². The minimum atomic E-state index is 0.748. The number of hydrogen-bond acceptors (Lipinski definition) is 3. The van der Waals surface area contributed by atoms with Crippen LogP contribution in [0.4, 0.5) is 5.69 Å². The number of hydrogen-bond donors (Lipinski definition) is 1. The van der Waals surface area contributed by atoms with E-state index in [2.05, 4.69) is 53.5 Å². The second kappa shape index (κ2) is 6.21. The van der Waals surface area contributed by atoms with Gasteiger partial charge < -0.3 is 15.1 Å². The molecule has 1 aliphatic rings. The maximum atomic E-state index is 3.26. The molecular formula is C15H25N3. The van der Waals surface area contributed by atoms with Gasteiger partial charge in [-0.25, -0.2) is 0 Å². The number of rotatable bonds is 4. The highest BCUT2D eigenvalue weighted by atomic mass is 15.2. The standard InChI is InChI=1S/C15H25N3/c1-16-12-13-6-4-5-7-15(13)18-10-8-14(9-11-18)17(2)3/h4-7,14,16H,8-12H2,1-3H3. The normalized spacial score (nSPS) is 17.4. The number of nitrogens with one attached hydrogen (secondary N) is 1. The van der Waals surface area contributed by atoms with Gasteiger partial charge in [0.25, 0.3) is 0 Å². The zero-order chi connectivity index (χ0) is 13.0. The van der Waals surface area contributed by atoms with E-state index < -0.39 is 0 Å². The highest BCUT2D eigenvalue weighted by Crippen LogP contribution is 2.25. The molecule has 0 amide bonds. The van der Waals surface area contributed by atoms with Crippen LogP contribution in [0.25, 0.3) is 0 Å². The summed E-state index contributed by atoms with van der Waals surface area (Å²) in [6.45, 7) is 3.29. The van der Waals surface area contributed by atoms with Crippen LogP contribution in [-0.4, -0.2) is 45.2 Å². The van der Waals surface area contributed by atoms with Crippen molar-refractivity contribution in [2.45, 2.75) is 25.4 Å². The highest BCUT2D eigenvalue weighted by Gasteiger charge is 2.21. The molecule has 1 aromatic carbocycles. The van der Waals surface area contributed by atoms with E-state index in [1.165, 1.54) is 37.2 Å². The van der Waals surface area contributed by atoms with Crippen LogP contribution in [0.3, 0.4) is 0 Å². The SMILES string of the molecule is CNCc1ccccc1N1CCC(N(C)C)CC1. The van der Waals surface area contributed by atoms with Crippen LogP contribution in [-0.2, 0) is 6.54 Å². The van der Waals surface area contributed by atoms with Crippen molar-refractivity contribution >= 4 is 5.69 Å². The molecule has 2 rings (SSSR count). The van der Waals surface area contributed by atoms with Crippen LogP contribution >= 0.6 is 0 Å². The quantitative estimate of drug-likeness (QED) is 0.877. The minimum Gasteiger partial charge on any atom is -0.371 e. The van der Waals surface area contributed by atoms with Gasteiger partial charge in [-0.05, 0) is 45.6 Å². The summed E-state index contributed by atoms with van der Waals surface area (Å²) in [4.78, 5) is 4.89. The molecule has 1 aromatic rings. The second-order valence-corrected chi connectivity index (χ2v) is 5.34. The zero-order valence-corrected chi connectivity index (χ0v) is 11.8. The Balaban J connectivity index is 2.05. The van der Waals surface area contributed by atoms with Gasteiger partial charge in [0.15, 0.2) is 0 Å². The van der Waals surface area contributed by atoms with Crippen molar-refractivity contribution in [3.05, 3.63) is 29.8 Å². The minimum absolute atomic E-state index is 0.748. The van der Waals surface area contributed by atoms with E-state index >= 15 is 0 Å². The fraction of sp³-hybridized carbons (Fsp3) is 0.600. The maximum absolute atomic E-state index is 3.26. The highest BCUT2D eigenvalue weighted by molar-refractivity contribution is 5.54. The molecule has 3 nitrogen and oxygen atoms in total. The summed E-state index contributed by atoms with van der Waals surface area (Å²) in [6.07, 6.45) is 2.53. The Hall–Kier alpha value is -1.06. The molecule has 1 aliphatic heterocycles. The number of piperidine rings is 1. The molecule has 100 valence electrons. The Morgan fingerprint density at radius 1 is 1.22 bits per heavy atom. The molecule has 0 radical (unpaired) electrons. The zero-order valence-electron chi connectivity index (χ0n) is 11.8. The Labute approximate surface area is 111 Å². The third kappa shape index (κ3) is 3.03. The number of para-hydroxylation sites is 1. The van der Waals surface area contributed by atoms with E-state index in [4.69, 9.17) is 0 Å². The van der Waals surface area contributed by atoms with Crippen LogP contribution in [0.5, 0.6) is 0 Å². The molecule has 0 bridgehead atoms. The van der Waals surface area contributed by atoms with Gasteiger partial charge in [-0.15, -0.1) is 0 Å². The van der Waals surface area contributed by atoms with Gasteiger partial charge in [0.2, 0.25) is 0 Å². The van der Waals surface area contributed by atoms with E-state index in [0.29, 0.717) is 0 Å². The lowest BCUT2D eigenvalue weighted by Gasteiger charge is -2.37. The summed E-state index contributed by atoms with van der Waals surface area (Å²) in [5.74, 6) is 0. The molecule has 0 aromatic heterocycles. The average Bonchev–Trinajstić information content (AvgIpc) is 2.40. The van der Waals surface area contributed by atoms with Crippen molar-refractivity contribution in [2.24, 2.45) is 0 Å². The molecule has 0 unspecified atom stereocenters. The first-order valence-corrected chi connectivity index (χ1v) is 6.86. The lowest BCUT2D eigenvalue weighted by Crippen LogP contribution is -2.42. The van der Waals surface area contributed by atoms with Gasteiger partial charge in [-0.3, -0.25) is 0 Å². The van der Waals surface area contributed by atoms with E-state index in [-0.39, 0.29) is 0 Å². The van der Waals surface area contributed by atoms with E-state index in [1.807, 2.05) is 7.05 Å². The summed E-state index contributed by atoms with van der Waals surface area (Å²) in [5.41, 5.74) is 2.81. The molecule has 3 heteroatoms. The Kier molecular flexibility index (Phi) is 4.61. The predicted molar refractivity (Wildman–Crippen MR) is 78.1 cm³/mol. The van der Waals surface area contributed by atoms with E-state index in [1.54, 1.807) is 0 Å². The van der Waals surface area contributed by atoms with E-state index in [0.717, 1.165) is 12.6 Å². The number of anilines is 1. The molecule has 18 heavy (non-hydrogen) atoms. The van der Waals surface area contributed by atoms with Crippen molar-refractivity contribution in [3.8, 4) is 0 Å². The lowest BCUT2D eigenvalue weighted by molar-refractivity contribution is 0.249. The van der Waals surface area contributed by atoms with Crippen molar-refractivity contribution < 1.29 is 0 Å². The van der Waals surface area contributed by atoms with Crippen molar-refractivity contribution in [1.29, 1.82) is 0 Å². The Morgan fingerprint density at radius 3 is 2.50 bits per heavy atom. The largest absolute Gasteiger partial charge is 0.371 e. The van der Waals surface area contributed by atoms with E-state index in [9.17, 15) is 0 Å². The van der Waals surface area contributed by atoms with Gasteiger partial charge in [-0.1, -0.05) is 18.2 Å². The molecule has 1 saturated heterocycles. The molecule has 0 atom stereocenters. The first-order chi connectivity index (χ1) is 8.72. The fourth-order valence-corrected chi connectivity index (χ4v) is 2.78. The maximum Gasteiger partial charge on any atom is 0.0411 e. The molecule has 0 spiro atoms. The number of nitrogens with zero attached hydrogens (tertiary/aromatic N) is 2. The average molecular weight is 247 g/mol. The smallest absolute Gasteiger partial charge is 0.0411 e. The summed E-state index contributed by atoms with van der Waals surface area (Å²) < 4.78 is 0. The second-order valence-electron chi connectivity index (χ2n) is 5.34. The van der Waals surface area contributed by atoms with Crippen molar-refractivity contribution in [1.82, 2.24) is 10.2 Å². The lowest BCUT2D eigenvalue weighted by atomic mass is 10.0. The third-order valence-electron chi connectivity index (χ3n) is 3.89. The van der Waals surface area contributed by atoms with Gasteiger partial charge in [-0.2, -0.15) is 0 Å².